The van der Waals surface area contributed by atoms with Crippen LogP contribution in [0.5, 0.6) is 0 Å². The zero-order chi connectivity index (χ0) is 24.2. The first-order valence-corrected chi connectivity index (χ1v) is 11.0. The molecule has 4 rings (SSSR count). The van der Waals surface area contributed by atoms with Crippen LogP contribution in [-0.4, -0.2) is 64.1 Å². The van der Waals surface area contributed by atoms with E-state index in [0.29, 0.717) is 31.7 Å². The van der Waals surface area contributed by atoms with Crippen molar-refractivity contribution in [2.45, 2.75) is 20.4 Å². The zero-order valence-corrected chi connectivity index (χ0v) is 19.1. The normalized spacial score (nSPS) is 14.3. The number of piperazine rings is 1. The summed E-state index contributed by atoms with van der Waals surface area (Å²) < 4.78 is 19.2. The number of nitrogens with one attached hydrogen (secondary N) is 1. The third-order valence-corrected chi connectivity index (χ3v) is 5.82. The highest BCUT2D eigenvalue weighted by atomic mass is 19.1. The molecular formula is C24H26FN5O4. The van der Waals surface area contributed by atoms with Gasteiger partial charge in [-0.3, -0.25) is 14.5 Å². The number of amides is 2. The Bertz CT molecular complexity index is 1220. The SMILES string of the molecule is Cc1cccc(C)c1NC(=O)CN1CCN(C(=O)Cn2nc(-c3ccc(F)cc3)oc2=O)CC1. The molecule has 0 bridgehead atoms. The maximum absolute atomic E-state index is 13.1. The van der Waals surface area contributed by atoms with E-state index in [0.717, 1.165) is 21.5 Å². The molecule has 0 unspecified atom stereocenters. The summed E-state index contributed by atoms with van der Waals surface area (Å²) >= 11 is 0. The molecule has 1 aromatic heterocycles. The molecule has 9 nitrogen and oxygen atoms in total. The van der Waals surface area contributed by atoms with E-state index < -0.39 is 11.6 Å². The first-order valence-electron chi connectivity index (χ1n) is 11.0. The van der Waals surface area contributed by atoms with Gasteiger partial charge in [0, 0.05) is 37.4 Å². The monoisotopic (exact) mass is 467 g/mol. The second-order valence-corrected chi connectivity index (χ2v) is 8.31. The number of carbonyl (C=O) groups is 2. The van der Waals surface area contributed by atoms with E-state index in [1.165, 1.54) is 24.3 Å². The fourth-order valence-corrected chi connectivity index (χ4v) is 3.89. The summed E-state index contributed by atoms with van der Waals surface area (Å²) in [6.07, 6.45) is 0. The summed E-state index contributed by atoms with van der Waals surface area (Å²) in [5.41, 5.74) is 3.29. The Morgan fingerprint density at radius 1 is 1.00 bits per heavy atom. The number of carbonyl (C=O) groups excluding carboxylic acids is 2. The molecule has 2 heterocycles. The number of aryl methyl sites for hydroxylation is 2. The smallest absolute Gasteiger partial charge is 0.388 e. The number of aromatic nitrogens is 2. The number of rotatable bonds is 6. The number of nitrogens with zero attached hydrogens (tertiary/aromatic N) is 4. The lowest BCUT2D eigenvalue weighted by molar-refractivity contribution is -0.134. The van der Waals surface area contributed by atoms with Gasteiger partial charge in [-0.15, -0.1) is 5.10 Å². The van der Waals surface area contributed by atoms with Crippen LogP contribution in [0.25, 0.3) is 11.5 Å². The first kappa shape index (κ1) is 23.4. The van der Waals surface area contributed by atoms with Crippen LogP contribution in [0, 0.1) is 19.7 Å². The van der Waals surface area contributed by atoms with Crippen LogP contribution < -0.4 is 11.1 Å². The highest BCUT2D eigenvalue weighted by Gasteiger charge is 2.24. The lowest BCUT2D eigenvalue weighted by atomic mass is 10.1. The highest BCUT2D eigenvalue weighted by Crippen LogP contribution is 2.19. The van der Waals surface area contributed by atoms with Gasteiger partial charge in [0.1, 0.15) is 12.4 Å². The molecular weight excluding hydrogens is 441 g/mol. The lowest BCUT2D eigenvalue weighted by Crippen LogP contribution is -2.51. The van der Waals surface area contributed by atoms with Crippen molar-refractivity contribution in [3.05, 3.63) is 70.0 Å². The Morgan fingerprint density at radius 2 is 1.65 bits per heavy atom. The molecule has 0 saturated carbocycles. The van der Waals surface area contributed by atoms with Crippen molar-refractivity contribution in [2.75, 3.05) is 38.0 Å². The van der Waals surface area contributed by atoms with Crippen molar-refractivity contribution in [1.29, 1.82) is 0 Å². The second-order valence-electron chi connectivity index (χ2n) is 8.31. The van der Waals surface area contributed by atoms with Crippen molar-refractivity contribution in [3.8, 4) is 11.5 Å². The number of halogens is 1. The minimum Gasteiger partial charge on any atom is -0.388 e. The summed E-state index contributed by atoms with van der Waals surface area (Å²) in [6, 6.07) is 11.2. The molecule has 0 aliphatic carbocycles. The predicted molar refractivity (Wildman–Crippen MR) is 124 cm³/mol. The number of anilines is 1. The first-order chi connectivity index (χ1) is 16.3. The molecule has 1 saturated heterocycles. The van der Waals surface area contributed by atoms with E-state index >= 15 is 0 Å². The Hall–Kier alpha value is -3.79. The number of hydrogen-bond donors (Lipinski definition) is 1. The van der Waals surface area contributed by atoms with Gasteiger partial charge in [0.25, 0.3) is 0 Å². The van der Waals surface area contributed by atoms with Gasteiger partial charge in [0.2, 0.25) is 17.7 Å². The molecule has 34 heavy (non-hydrogen) atoms. The van der Waals surface area contributed by atoms with E-state index in [4.69, 9.17) is 4.42 Å². The second kappa shape index (κ2) is 10.0. The highest BCUT2D eigenvalue weighted by molar-refractivity contribution is 5.93. The fraction of sp³-hybridized carbons (Fsp3) is 0.333. The number of benzene rings is 2. The zero-order valence-electron chi connectivity index (χ0n) is 19.1. The van der Waals surface area contributed by atoms with Gasteiger partial charge in [0.15, 0.2) is 0 Å². The van der Waals surface area contributed by atoms with Crippen molar-refractivity contribution in [2.24, 2.45) is 0 Å². The van der Waals surface area contributed by atoms with E-state index in [2.05, 4.69) is 10.4 Å². The topological polar surface area (TPSA) is 101 Å². The molecule has 0 spiro atoms. The Labute approximate surface area is 195 Å². The molecule has 2 aromatic carbocycles. The quantitative estimate of drug-likeness (QED) is 0.596. The molecule has 1 aliphatic heterocycles. The molecule has 0 atom stereocenters. The van der Waals surface area contributed by atoms with Gasteiger partial charge in [-0.25, -0.2) is 9.18 Å². The van der Waals surface area contributed by atoms with Gasteiger partial charge in [-0.05, 0) is 49.2 Å². The molecule has 1 fully saturated rings. The van der Waals surface area contributed by atoms with Crippen LogP contribution in [0.4, 0.5) is 10.1 Å². The fourth-order valence-electron chi connectivity index (χ4n) is 3.89. The lowest BCUT2D eigenvalue weighted by Gasteiger charge is -2.34. The van der Waals surface area contributed by atoms with Gasteiger partial charge in [-0.1, -0.05) is 18.2 Å². The maximum atomic E-state index is 13.1. The molecule has 10 heteroatoms. The van der Waals surface area contributed by atoms with Crippen molar-refractivity contribution < 1.29 is 18.4 Å². The Morgan fingerprint density at radius 3 is 2.29 bits per heavy atom. The van der Waals surface area contributed by atoms with Gasteiger partial charge >= 0.3 is 5.76 Å². The molecule has 0 radical (unpaired) electrons. The minimum absolute atomic E-state index is 0.0255. The van der Waals surface area contributed by atoms with Crippen LogP contribution in [0.15, 0.2) is 51.7 Å². The van der Waals surface area contributed by atoms with Crippen LogP contribution >= 0.6 is 0 Å². The molecule has 3 aromatic rings. The summed E-state index contributed by atoms with van der Waals surface area (Å²) in [5.74, 6) is -1.50. The van der Waals surface area contributed by atoms with Crippen molar-refractivity contribution in [1.82, 2.24) is 19.6 Å². The van der Waals surface area contributed by atoms with Crippen LogP contribution in [0.3, 0.4) is 0 Å². The predicted octanol–water partition coefficient (Wildman–Crippen LogP) is 2.04. The van der Waals surface area contributed by atoms with Crippen LogP contribution in [0.2, 0.25) is 0 Å². The van der Waals surface area contributed by atoms with Gasteiger partial charge in [-0.2, -0.15) is 4.68 Å². The van der Waals surface area contributed by atoms with Gasteiger partial charge in [0.05, 0.1) is 6.54 Å². The third-order valence-electron chi connectivity index (χ3n) is 5.82. The minimum atomic E-state index is -0.755. The largest absolute Gasteiger partial charge is 0.437 e. The van der Waals surface area contributed by atoms with Crippen LogP contribution in [-0.2, 0) is 16.1 Å². The summed E-state index contributed by atoms with van der Waals surface area (Å²) in [5, 5.41) is 7.04. The molecule has 178 valence electrons. The van der Waals surface area contributed by atoms with Gasteiger partial charge < -0.3 is 14.6 Å². The summed E-state index contributed by atoms with van der Waals surface area (Å²) in [7, 11) is 0. The molecule has 2 amide bonds. The Kier molecular flexibility index (Phi) is 6.87. The van der Waals surface area contributed by atoms with E-state index in [1.807, 2.05) is 36.9 Å². The molecule has 1 aliphatic rings. The van der Waals surface area contributed by atoms with Crippen molar-refractivity contribution in [3.63, 3.8) is 0 Å². The average Bonchev–Trinajstić information content (AvgIpc) is 3.17. The standard InChI is InChI=1S/C24H26FN5O4/c1-16-4-3-5-17(2)22(16)26-20(31)14-28-10-12-29(13-11-28)21(32)15-30-24(33)34-23(27-30)18-6-8-19(25)9-7-18/h3-9H,10-15H2,1-2H3,(H,26,31). The van der Waals surface area contributed by atoms with E-state index in [-0.39, 0.29) is 30.8 Å². The van der Waals surface area contributed by atoms with E-state index in [9.17, 15) is 18.8 Å². The Balaban J connectivity index is 1.29. The number of hydrogen-bond acceptors (Lipinski definition) is 6. The maximum Gasteiger partial charge on any atom is 0.437 e. The average molecular weight is 468 g/mol. The number of para-hydroxylation sites is 1. The van der Waals surface area contributed by atoms with Crippen LogP contribution in [0.1, 0.15) is 11.1 Å². The summed E-state index contributed by atoms with van der Waals surface area (Å²) in [6.45, 7) is 5.85. The third kappa shape index (κ3) is 5.40. The summed E-state index contributed by atoms with van der Waals surface area (Å²) in [4.78, 5) is 40.9. The molecule has 1 N–H and O–H groups in total. The van der Waals surface area contributed by atoms with Crippen molar-refractivity contribution >= 4 is 17.5 Å². The van der Waals surface area contributed by atoms with E-state index in [1.54, 1.807) is 4.90 Å².